The van der Waals surface area contributed by atoms with Gasteiger partial charge in [0.2, 0.25) is 0 Å². The summed E-state index contributed by atoms with van der Waals surface area (Å²) in [6.07, 6.45) is 4.36. The molecule has 2 unspecified atom stereocenters. The Kier molecular flexibility index (Phi) is 7.51. The molecule has 2 N–H and O–H groups in total. The molecule has 12 heavy (non-hydrogen) atoms. The third-order valence-electron chi connectivity index (χ3n) is 2.13. The second-order valence-corrected chi connectivity index (χ2v) is 3.49. The van der Waals surface area contributed by atoms with E-state index >= 15 is 0 Å². The summed E-state index contributed by atoms with van der Waals surface area (Å²) in [6.45, 7) is 7.19. The third-order valence-corrected chi connectivity index (χ3v) is 2.13. The molecule has 2 nitrogen and oxygen atoms in total. The lowest BCUT2D eigenvalue weighted by atomic mass is 10.1. The van der Waals surface area contributed by atoms with Gasteiger partial charge in [-0.05, 0) is 32.7 Å². The Labute approximate surface area is 76.4 Å². The molecule has 2 heteroatoms. The first-order valence-electron chi connectivity index (χ1n) is 5.12. The van der Waals surface area contributed by atoms with Gasteiger partial charge in [-0.1, -0.05) is 20.3 Å². The fourth-order valence-corrected chi connectivity index (χ4v) is 1.30. The highest BCUT2D eigenvalue weighted by molar-refractivity contribution is 4.64. The van der Waals surface area contributed by atoms with Gasteiger partial charge < -0.3 is 10.4 Å². The van der Waals surface area contributed by atoms with E-state index in [0.717, 1.165) is 13.0 Å². The Hall–Kier alpha value is -0.0800. The summed E-state index contributed by atoms with van der Waals surface area (Å²) < 4.78 is 0. The summed E-state index contributed by atoms with van der Waals surface area (Å²) in [5.41, 5.74) is 0. The highest BCUT2D eigenvalue weighted by atomic mass is 16.3. The number of hydrogen-bond donors (Lipinski definition) is 2. The largest absolute Gasteiger partial charge is 0.393 e. The van der Waals surface area contributed by atoms with Gasteiger partial charge in [-0.25, -0.2) is 0 Å². The average molecular weight is 173 g/mol. The van der Waals surface area contributed by atoms with Gasteiger partial charge >= 0.3 is 0 Å². The molecule has 0 saturated carbocycles. The second kappa shape index (κ2) is 7.56. The zero-order valence-corrected chi connectivity index (χ0v) is 8.64. The van der Waals surface area contributed by atoms with E-state index in [2.05, 4.69) is 19.2 Å². The SMILES string of the molecule is CCCC(CC)NCCC(C)O. The number of nitrogens with one attached hydrogen (secondary N) is 1. The van der Waals surface area contributed by atoms with Crippen LogP contribution < -0.4 is 5.32 Å². The molecule has 0 saturated heterocycles. The highest BCUT2D eigenvalue weighted by Crippen LogP contribution is 2.00. The summed E-state index contributed by atoms with van der Waals surface area (Å²) >= 11 is 0. The van der Waals surface area contributed by atoms with Gasteiger partial charge in [-0.15, -0.1) is 0 Å². The Balaban J connectivity index is 3.31. The molecule has 0 bridgehead atoms. The predicted molar refractivity (Wildman–Crippen MR) is 53.3 cm³/mol. The fraction of sp³-hybridized carbons (Fsp3) is 1.00. The van der Waals surface area contributed by atoms with E-state index < -0.39 is 0 Å². The Morgan fingerprint density at radius 3 is 2.33 bits per heavy atom. The van der Waals surface area contributed by atoms with Crippen LogP contribution in [-0.4, -0.2) is 23.8 Å². The molecule has 0 heterocycles. The van der Waals surface area contributed by atoms with Crippen LogP contribution in [0, 0.1) is 0 Å². The van der Waals surface area contributed by atoms with Crippen molar-refractivity contribution in [3.05, 3.63) is 0 Å². The van der Waals surface area contributed by atoms with Gasteiger partial charge in [0.1, 0.15) is 0 Å². The zero-order valence-electron chi connectivity index (χ0n) is 8.64. The molecule has 0 aromatic rings. The first-order valence-corrected chi connectivity index (χ1v) is 5.12. The predicted octanol–water partition coefficient (Wildman–Crippen LogP) is 1.93. The van der Waals surface area contributed by atoms with Crippen molar-refractivity contribution in [2.45, 2.75) is 58.6 Å². The van der Waals surface area contributed by atoms with Crippen molar-refractivity contribution < 1.29 is 5.11 Å². The quantitative estimate of drug-likeness (QED) is 0.616. The monoisotopic (exact) mass is 173 g/mol. The summed E-state index contributed by atoms with van der Waals surface area (Å²) in [7, 11) is 0. The molecule has 0 spiro atoms. The third kappa shape index (κ3) is 6.62. The minimum absolute atomic E-state index is 0.170. The molecule has 74 valence electrons. The zero-order chi connectivity index (χ0) is 9.40. The maximum absolute atomic E-state index is 9.03. The molecule has 0 aliphatic rings. The molecular formula is C10H23NO. The second-order valence-electron chi connectivity index (χ2n) is 3.49. The van der Waals surface area contributed by atoms with E-state index in [-0.39, 0.29) is 6.10 Å². The van der Waals surface area contributed by atoms with Crippen LogP contribution >= 0.6 is 0 Å². The highest BCUT2D eigenvalue weighted by Gasteiger charge is 2.03. The van der Waals surface area contributed by atoms with E-state index in [4.69, 9.17) is 5.11 Å². The van der Waals surface area contributed by atoms with Crippen molar-refractivity contribution in [3.63, 3.8) is 0 Å². The van der Waals surface area contributed by atoms with Crippen molar-refractivity contribution in [2.75, 3.05) is 6.54 Å². The molecule has 0 aromatic heterocycles. The molecule has 0 amide bonds. The number of aliphatic hydroxyl groups is 1. The molecule has 0 aliphatic heterocycles. The number of aliphatic hydroxyl groups excluding tert-OH is 1. The van der Waals surface area contributed by atoms with E-state index in [1.807, 2.05) is 6.92 Å². The van der Waals surface area contributed by atoms with Crippen molar-refractivity contribution in [1.29, 1.82) is 0 Å². The van der Waals surface area contributed by atoms with Gasteiger partial charge in [0.25, 0.3) is 0 Å². The average Bonchev–Trinajstić information content (AvgIpc) is 2.02. The Morgan fingerprint density at radius 2 is 1.92 bits per heavy atom. The number of hydrogen-bond acceptors (Lipinski definition) is 2. The smallest absolute Gasteiger partial charge is 0.0524 e. The molecule has 0 aliphatic carbocycles. The lowest BCUT2D eigenvalue weighted by molar-refractivity contribution is 0.181. The summed E-state index contributed by atoms with van der Waals surface area (Å²) in [4.78, 5) is 0. The molecule has 2 atom stereocenters. The summed E-state index contributed by atoms with van der Waals surface area (Å²) in [5, 5.41) is 12.5. The minimum Gasteiger partial charge on any atom is -0.393 e. The topological polar surface area (TPSA) is 32.3 Å². The number of rotatable bonds is 7. The van der Waals surface area contributed by atoms with Crippen LogP contribution in [0.15, 0.2) is 0 Å². The summed E-state index contributed by atoms with van der Waals surface area (Å²) in [5.74, 6) is 0. The van der Waals surface area contributed by atoms with E-state index in [1.165, 1.54) is 19.3 Å². The molecular weight excluding hydrogens is 150 g/mol. The lowest BCUT2D eigenvalue weighted by Crippen LogP contribution is -2.30. The van der Waals surface area contributed by atoms with Crippen LogP contribution in [0.2, 0.25) is 0 Å². The first kappa shape index (κ1) is 11.9. The van der Waals surface area contributed by atoms with Crippen LogP contribution in [0.5, 0.6) is 0 Å². The van der Waals surface area contributed by atoms with Crippen LogP contribution in [-0.2, 0) is 0 Å². The van der Waals surface area contributed by atoms with Gasteiger partial charge in [0.05, 0.1) is 6.10 Å². The fourth-order valence-electron chi connectivity index (χ4n) is 1.30. The van der Waals surface area contributed by atoms with Gasteiger partial charge in [0, 0.05) is 6.04 Å². The minimum atomic E-state index is -0.170. The maximum Gasteiger partial charge on any atom is 0.0524 e. The first-order chi connectivity index (χ1) is 5.70. The molecule has 0 rings (SSSR count). The van der Waals surface area contributed by atoms with Crippen LogP contribution in [0.1, 0.15) is 46.5 Å². The van der Waals surface area contributed by atoms with Crippen LogP contribution in [0.3, 0.4) is 0 Å². The van der Waals surface area contributed by atoms with E-state index in [0.29, 0.717) is 6.04 Å². The van der Waals surface area contributed by atoms with E-state index in [1.54, 1.807) is 0 Å². The van der Waals surface area contributed by atoms with Crippen molar-refractivity contribution in [2.24, 2.45) is 0 Å². The van der Waals surface area contributed by atoms with Gasteiger partial charge in [0.15, 0.2) is 0 Å². The van der Waals surface area contributed by atoms with Crippen molar-refractivity contribution in [1.82, 2.24) is 5.32 Å². The van der Waals surface area contributed by atoms with E-state index in [9.17, 15) is 0 Å². The van der Waals surface area contributed by atoms with Gasteiger partial charge in [-0.2, -0.15) is 0 Å². The molecule has 0 fully saturated rings. The van der Waals surface area contributed by atoms with Crippen LogP contribution in [0.4, 0.5) is 0 Å². The standard InChI is InChI=1S/C10H23NO/c1-4-6-10(5-2)11-8-7-9(3)12/h9-12H,4-8H2,1-3H3. The maximum atomic E-state index is 9.03. The Morgan fingerprint density at radius 1 is 1.25 bits per heavy atom. The van der Waals surface area contributed by atoms with Crippen LogP contribution in [0.25, 0.3) is 0 Å². The molecule has 0 aromatic carbocycles. The van der Waals surface area contributed by atoms with Gasteiger partial charge in [-0.3, -0.25) is 0 Å². The Bertz CT molecular complexity index is 93.8. The van der Waals surface area contributed by atoms with Crippen molar-refractivity contribution >= 4 is 0 Å². The van der Waals surface area contributed by atoms with Crippen molar-refractivity contribution in [3.8, 4) is 0 Å². The molecule has 0 radical (unpaired) electrons. The lowest BCUT2D eigenvalue weighted by Gasteiger charge is -2.16. The normalized spacial score (nSPS) is 16.0. The summed E-state index contributed by atoms with van der Waals surface area (Å²) in [6, 6.07) is 0.647.